The van der Waals surface area contributed by atoms with Crippen LogP contribution in [0.2, 0.25) is 0 Å². The fourth-order valence-electron chi connectivity index (χ4n) is 3.27. The lowest BCUT2D eigenvalue weighted by Crippen LogP contribution is -2.17. The van der Waals surface area contributed by atoms with E-state index >= 15 is 0 Å². The van der Waals surface area contributed by atoms with E-state index in [1.54, 1.807) is 0 Å². The molecule has 1 aromatic heterocycles. The Labute approximate surface area is 147 Å². The van der Waals surface area contributed by atoms with Crippen molar-refractivity contribution in [2.75, 3.05) is 0 Å². The van der Waals surface area contributed by atoms with Gasteiger partial charge in [0.2, 0.25) is 10.0 Å². The van der Waals surface area contributed by atoms with E-state index < -0.39 is 38.7 Å². The maximum atomic E-state index is 14.5. The normalized spacial score (nSPS) is 16.4. The highest BCUT2D eigenvalue weighted by atomic mass is 32.2. The Morgan fingerprint density at radius 3 is 2.31 bits per heavy atom. The zero-order valence-corrected chi connectivity index (χ0v) is 14.4. The number of rotatable bonds is 4. The molecule has 1 aliphatic carbocycles. The van der Waals surface area contributed by atoms with Gasteiger partial charge in [-0.2, -0.15) is 5.10 Å². The molecule has 142 valence electrons. The minimum atomic E-state index is -4.45. The van der Waals surface area contributed by atoms with Crippen LogP contribution in [0.15, 0.2) is 23.1 Å². The molecule has 0 atom stereocenters. The second-order valence-electron chi connectivity index (χ2n) is 6.30. The molecule has 10 heteroatoms. The fourth-order valence-corrected chi connectivity index (χ4v) is 3.87. The first kappa shape index (κ1) is 18.8. The Morgan fingerprint density at radius 1 is 1.08 bits per heavy atom. The highest BCUT2D eigenvalue weighted by Gasteiger charge is 2.26. The van der Waals surface area contributed by atoms with Crippen LogP contribution in [0.4, 0.5) is 17.6 Å². The smallest absolute Gasteiger partial charge is 0.261 e. The summed E-state index contributed by atoms with van der Waals surface area (Å²) in [4.78, 5) is -0.989. The number of hydrogen-bond acceptors (Lipinski definition) is 3. The molecule has 3 rings (SSSR count). The molecular formula is C16H17F4N3O2S. The number of alkyl halides is 2. The molecular weight excluding hydrogens is 374 g/mol. The van der Waals surface area contributed by atoms with Gasteiger partial charge in [0, 0.05) is 5.56 Å². The summed E-state index contributed by atoms with van der Waals surface area (Å²) in [7, 11) is -4.45. The first-order chi connectivity index (χ1) is 12.2. The fraction of sp³-hybridized carbons (Fsp3) is 0.438. The van der Waals surface area contributed by atoms with Crippen molar-refractivity contribution in [3.63, 3.8) is 0 Å². The van der Waals surface area contributed by atoms with Gasteiger partial charge in [0.15, 0.2) is 0 Å². The molecule has 2 aromatic rings. The minimum Gasteiger partial charge on any atom is -0.261 e. The van der Waals surface area contributed by atoms with Gasteiger partial charge in [0.05, 0.1) is 11.7 Å². The number of nitrogens with two attached hydrogens (primary N) is 1. The molecule has 0 saturated heterocycles. The van der Waals surface area contributed by atoms with Crippen molar-refractivity contribution in [1.29, 1.82) is 0 Å². The predicted octanol–water partition coefficient (Wildman–Crippen LogP) is 3.92. The maximum Gasteiger partial charge on any atom is 0.282 e. The summed E-state index contributed by atoms with van der Waals surface area (Å²) in [6.45, 7) is 0. The quantitative estimate of drug-likeness (QED) is 0.803. The average Bonchev–Trinajstić information content (AvgIpc) is 3.02. The van der Waals surface area contributed by atoms with Gasteiger partial charge in [0.1, 0.15) is 22.2 Å². The molecule has 2 N–H and O–H groups in total. The number of hydrogen-bond donors (Lipinski definition) is 1. The lowest BCUT2D eigenvalue weighted by atomic mass is 9.95. The molecule has 0 aliphatic heterocycles. The Kier molecular flexibility index (Phi) is 5.07. The third kappa shape index (κ3) is 3.61. The predicted molar refractivity (Wildman–Crippen MR) is 86.0 cm³/mol. The van der Waals surface area contributed by atoms with Crippen molar-refractivity contribution < 1.29 is 26.0 Å². The number of halogens is 4. The summed E-state index contributed by atoms with van der Waals surface area (Å²) in [6.07, 6.45) is 1.30. The summed E-state index contributed by atoms with van der Waals surface area (Å²) >= 11 is 0. The molecule has 0 unspecified atom stereocenters. The summed E-state index contributed by atoms with van der Waals surface area (Å²) < 4.78 is 78.8. The maximum absolute atomic E-state index is 14.5. The third-order valence-corrected chi connectivity index (χ3v) is 5.43. The highest BCUT2D eigenvalue weighted by molar-refractivity contribution is 7.89. The van der Waals surface area contributed by atoms with Crippen molar-refractivity contribution in [3.8, 4) is 11.3 Å². The van der Waals surface area contributed by atoms with Crippen LogP contribution in [0, 0.1) is 11.6 Å². The highest BCUT2D eigenvalue weighted by Crippen LogP contribution is 2.36. The molecule has 1 aliphatic rings. The molecule has 0 bridgehead atoms. The molecule has 0 radical (unpaired) electrons. The van der Waals surface area contributed by atoms with Crippen LogP contribution in [0.3, 0.4) is 0 Å². The van der Waals surface area contributed by atoms with Crippen molar-refractivity contribution in [2.24, 2.45) is 5.14 Å². The van der Waals surface area contributed by atoms with Gasteiger partial charge in [-0.3, -0.25) is 4.68 Å². The standard InChI is InChI=1S/C16H17F4N3O2S/c17-11-7-15(26(21,24)25)12(18)6-10(11)14-8-13(16(19)20)22-23(14)9-4-2-1-3-5-9/h6-9,16H,1-5H2,(H2,21,24,25). The number of sulfonamides is 1. The van der Waals surface area contributed by atoms with E-state index in [2.05, 4.69) is 5.10 Å². The third-order valence-electron chi connectivity index (χ3n) is 4.50. The summed E-state index contributed by atoms with van der Waals surface area (Å²) in [6, 6.07) is 1.92. The van der Waals surface area contributed by atoms with Crippen molar-refractivity contribution in [1.82, 2.24) is 9.78 Å². The van der Waals surface area contributed by atoms with Gasteiger partial charge in [-0.1, -0.05) is 19.3 Å². The molecule has 0 spiro atoms. The van der Waals surface area contributed by atoms with Crippen LogP contribution >= 0.6 is 0 Å². The van der Waals surface area contributed by atoms with Crippen LogP contribution in [-0.4, -0.2) is 18.2 Å². The topological polar surface area (TPSA) is 78.0 Å². The molecule has 1 fully saturated rings. The first-order valence-electron chi connectivity index (χ1n) is 8.08. The van der Waals surface area contributed by atoms with Gasteiger partial charge in [0.25, 0.3) is 6.43 Å². The Hall–Kier alpha value is -1.94. The lowest BCUT2D eigenvalue weighted by molar-refractivity contribution is 0.144. The summed E-state index contributed by atoms with van der Waals surface area (Å²) in [5.41, 5.74) is -0.884. The Bertz CT molecular complexity index is 922. The van der Waals surface area contributed by atoms with Crippen LogP contribution in [0.1, 0.15) is 50.3 Å². The van der Waals surface area contributed by atoms with Gasteiger partial charge in [-0.25, -0.2) is 31.1 Å². The monoisotopic (exact) mass is 391 g/mol. The van der Waals surface area contributed by atoms with E-state index in [4.69, 9.17) is 5.14 Å². The van der Waals surface area contributed by atoms with E-state index in [0.29, 0.717) is 25.0 Å². The SMILES string of the molecule is NS(=O)(=O)c1cc(F)c(-c2cc(C(F)F)nn2C2CCCCC2)cc1F. The molecule has 1 aromatic carbocycles. The average molecular weight is 391 g/mol. The largest absolute Gasteiger partial charge is 0.282 e. The Balaban J connectivity index is 2.15. The van der Waals surface area contributed by atoms with Gasteiger partial charge in [-0.05, 0) is 31.0 Å². The van der Waals surface area contributed by atoms with Crippen LogP contribution in [-0.2, 0) is 10.0 Å². The van der Waals surface area contributed by atoms with E-state index in [1.165, 1.54) is 4.68 Å². The molecule has 26 heavy (non-hydrogen) atoms. The van der Waals surface area contributed by atoms with Gasteiger partial charge in [-0.15, -0.1) is 0 Å². The van der Waals surface area contributed by atoms with Crippen molar-refractivity contribution >= 4 is 10.0 Å². The van der Waals surface area contributed by atoms with Crippen LogP contribution in [0.5, 0.6) is 0 Å². The second kappa shape index (κ2) is 6.99. The zero-order chi connectivity index (χ0) is 19.1. The minimum absolute atomic E-state index is 0.00966. The zero-order valence-electron chi connectivity index (χ0n) is 13.6. The van der Waals surface area contributed by atoms with E-state index in [1.807, 2.05) is 0 Å². The van der Waals surface area contributed by atoms with Gasteiger partial charge < -0.3 is 0 Å². The Morgan fingerprint density at radius 2 is 1.73 bits per heavy atom. The van der Waals surface area contributed by atoms with Crippen molar-refractivity contribution in [3.05, 3.63) is 35.5 Å². The molecule has 1 heterocycles. The second-order valence-corrected chi connectivity index (χ2v) is 7.83. The molecule has 0 amide bonds. The van der Waals surface area contributed by atoms with Gasteiger partial charge >= 0.3 is 0 Å². The molecule has 5 nitrogen and oxygen atoms in total. The van der Waals surface area contributed by atoms with E-state index in [-0.39, 0.29) is 17.3 Å². The number of nitrogens with zero attached hydrogens (tertiary/aromatic N) is 2. The molecule has 1 saturated carbocycles. The summed E-state index contributed by atoms with van der Waals surface area (Å²) in [5.74, 6) is -2.33. The van der Waals surface area contributed by atoms with Crippen molar-refractivity contribution in [2.45, 2.75) is 49.5 Å². The van der Waals surface area contributed by atoms with Crippen LogP contribution in [0.25, 0.3) is 11.3 Å². The first-order valence-corrected chi connectivity index (χ1v) is 9.63. The number of benzene rings is 1. The number of aromatic nitrogens is 2. The van der Waals surface area contributed by atoms with E-state index in [0.717, 1.165) is 25.3 Å². The number of primary sulfonamides is 1. The summed E-state index contributed by atoms with van der Waals surface area (Å²) in [5, 5.41) is 8.74. The van der Waals surface area contributed by atoms with E-state index in [9.17, 15) is 26.0 Å². The lowest BCUT2D eigenvalue weighted by Gasteiger charge is -2.24. The van der Waals surface area contributed by atoms with Crippen LogP contribution < -0.4 is 5.14 Å².